The lowest BCUT2D eigenvalue weighted by atomic mass is 10.2. The van der Waals surface area contributed by atoms with E-state index in [4.69, 9.17) is 4.74 Å². The molecule has 1 aromatic rings. The van der Waals surface area contributed by atoms with Gasteiger partial charge in [-0.05, 0) is 38.8 Å². The molecule has 7 nitrogen and oxygen atoms in total. The van der Waals surface area contributed by atoms with Crippen molar-refractivity contribution in [3.63, 3.8) is 0 Å². The summed E-state index contributed by atoms with van der Waals surface area (Å²) in [5.41, 5.74) is 0. The Morgan fingerprint density at radius 1 is 1.40 bits per heavy atom. The number of nitrogens with zero attached hydrogens (tertiary/aromatic N) is 2. The maximum absolute atomic E-state index is 11.5. The molecule has 0 radical (unpaired) electrons. The van der Waals surface area contributed by atoms with Gasteiger partial charge in [-0.15, -0.1) is 10.2 Å². The Morgan fingerprint density at radius 3 is 2.75 bits per heavy atom. The van der Waals surface area contributed by atoms with E-state index in [9.17, 15) is 4.79 Å². The Labute approximate surface area is 118 Å². The molecule has 1 atom stereocenters. The first-order chi connectivity index (χ1) is 9.63. The topological polar surface area (TPSA) is 88.2 Å². The third-order valence-electron chi connectivity index (χ3n) is 2.86. The molecule has 0 spiro atoms. The monoisotopic (exact) mass is 279 g/mol. The first-order valence-corrected chi connectivity index (χ1v) is 6.90. The zero-order chi connectivity index (χ0) is 14.4. The molecule has 0 saturated carbocycles. The number of rotatable bonds is 5. The van der Waals surface area contributed by atoms with Crippen molar-refractivity contribution in [2.75, 3.05) is 23.8 Å². The molecule has 1 aliphatic rings. The molecular formula is C13H21N5O2. The van der Waals surface area contributed by atoms with E-state index in [0.717, 1.165) is 26.0 Å². The molecule has 1 unspecified atom stereocenters. The van der Waals surface area contributed by atoms with Gasteiger partial charge in [-0.3, -0.25) is 5.32 Å². The Kier molecular flexibility index (Phi) is 5.11. The van der Waals surface area contributed by atoms with Gasteiger partial charge in [-0.25, -0.2) is 4.79 Å². The van der Waals surface area contributed by atoms with Crippen LogP contribution < -0.4 is 16.0 Å². The Balaban J connectivity index is 1.78. The van der Waals surface area contributed by atoms with E-state index in [0.29, 0.717) is 11.6 Å². The third-order valence-corrected chi connectivity index (χ3v) is 2.86. The van der Waals surface area contributed by atoms with Crippen LogP contribution in [0.25, 0.3) is 0 Å². The Morgan fingerprint density at radius 2 is 2.15 bits per heavy atom. The lowest BCUT2D eigenvalue weighted by Gasteiger charge is -2.11. The zero-order valence-electron chi connectivity index (χ0n) is 11.8. The number of nitrogens with one attached hydrogen (secondary N) is 3. The van der Waals surface area contributed by atoms with E-state index in [2.05, 4.69) is 26.1 Å². The highest BCUT2D eigenvalue weighted by molar-refractivity contribution is 5.88. The van der Waals surface area contributed by atoms with Gasteiger partial charge in [0.05, 0.1) is 6.10 Å². The quantitative estimate of drug-likeness (QED) is 0.762. The summed E-state index contributed by atoms with van der Waals surface area (Å²) >= 11 is 0. The summed E-state index contributed by atoms with van der Waals surface area (Å²) in [6, 6.07) is 3.29. The number of hydrogen-bond acceptors (Lipinski definition) is 5. The number of amides is 2. The van der Waals surface area contributed by atoms with Crippen molar-refractivity contribution < 1.29 is 9.53 Å². The molecule has 20 heavy (non-hydrogen) atoms. The summed E-state index contributed by atoms with van der Waals surface area (Å²) in [5.74, 6) is 1.10. The summed E-state index contributed by atoms with van der Waals surface area (Å²) < 4.78 is 5.51. The Hall–Kier alpha value is -1.89. The molecular weight excluding hydrogens is 258 g/mol. The second kappa shape index (κ2) is 7.04. The van der Waals surface area contributed by atoms with Gasteiger partial charge in [0.2, 0.25) is 0 Å². The van der Waals surface area contributed by atoms with Crippen LogP contribution in [-0.2, 0) is 4.74 Å². The SMILES string of the molecule is CC(C)NC(=O)Nc1ccc(NCC2CCCO2)nn1. The van der Waals surface area contributed by atoms with E-state index in [1.807, 2.05) is 13.8 Å². The smallest absolute Gasteiger partial charge is 0.320 e. The highest BCUT2D eigenvalue weighted by Crippen LogP contribution is 2.13. The predicted octanol–water partition coefficient (Wildman–Crippen LogP) is 1.60. The number of anilines is 2. The summed E-state index contributed by atoms with van der Waals surface area (Å²) in [4.78, 5) is 11.5. The van der Waals surface area contributed by atoms with E-state index in [-0.39, 0.29) is 18.2 Å². The first kappa shape index (κ1) is 14.5. The number of urea groups is 1. The maximum atomic E-state index is 11.5. The number of carbonyl (C=O) groups excluding carboxylic acids is 1. The minimum Gasteiger partial charge on any atom is -0.376 e. The number of aromatic nitrogens is 2. The summed E-state index contributed by atoms with van der Waals surface area (Å²) in [6.45, 7) is 5.36. The molecule has 1 saturated heterocycles. The molecule has 2 rings (SSSR count). The fourth-order valence-corrected chi connectivity index (χ4v) is 1.93. The number of ether oxygens (including phenoxy) is 1. The molecule has 110 valence electrons. The number of carbonyl (C=O) groups is 1. The van der Waals surface area contributed by atoms with Crippen LogP contribution in [0.1, 0.15) is 26.7 Å². The van der Waals surface area contributed by atoms with Gasteiger partial charge in [0.15, 0.2) is 5.82 Å². The molecule has 0 bridgehead atoms. The van der Waals surface area contributed by atoms with Gasteiger partial charge in [0.1, 0.15) is 5.82 Å². The normalized spacial score (nSPS) is 18.1. The van der Waals surface area contributed by atoms with Crippen molar-refractivity contribution >= 4 is 17.7 Å². The van der Waals surface area contributed by atoms with Crippen molar-refractivity contribution in [3.8, 4) is 0 Å². The first-order valence-electron chi connectivity index (χ1n) is 6.90. The summed E-state index contributed by atoms with van der Waals surface area (Å²) in [6.07, 6.45) is 2.45. The van der Waals surface area contributed by atoms with Crippen LogP contribution in [0.4, 0.5) is 16.4 Å². The van der Waals surface area contributed by atoms with E-state index < -0.39 is 0 Å². The molecule has 3 N–H and O–H groups in total. The molecule has 1 aromatic heterocycles. The molecule has 2 amide bonds. The van der Waals surface area contributed by atoms with Crippen molar-refractivity contribution in [2.24, 2.45) is 0 Å². The molecule has 0 aromatic carbocycles. The van der Waals surface area contributed by atoms with Crippen LogP contribution >= 0.6 is 0 Å². The molecule has 2 heterocycles. The van der Waals surface area contributed by atoms with Gasteiger partial charge >= 0.3 is 6.03 Å². The minimum absolute atomic E-state index is 0.0790. The highest BCUT2D eigenvalue weighted by atomic mass is 16.5. The molecule has 1 fully saturated rings. The van der Waals surface area contributed by atoms with Crippen LogP contribution in [0.3, 0.4) is 0 Å². The fraction of sp³-hybridized carbons (Fsp3) is 0.615. The van der Waals surface area contributed by atoms with E-state index in [1.54, 1.807) is 12.1 Å². The van der Waals surface area contributed by atoms with Crippen LogP contribution in [0.15, 0.2) is 12.1 Å². The lowest BCUT2D eigenvalue weighted by Crippen LogP contribution is -2.34. The van der Waals surface area contributed by atoms with Gasteiger partial charge in [0.25, 0.3) is 0 Å². The van der Waals surface area contributed by atoms with Crippen LogP contribution in [0, 0.1) is 0 Å². The van der Waals surface area contributed by atoms with E-state index >= 15 is 0 Å². The number of hydrogen-bond donors (Lipinski definition) is 3. The standard InChI is InChI=1S/C13H21N5O2/c1-9(2)15-13(19)16-12-6-5-11(17-18-12)14-8-10-4-3-7-20-10/h5-6,9-10H,3-4,7-8H2,1-2H3,(H,14,17)(H2,15,16,18,19). The highest BCUT2D eigenvalue weighted by Gasteiger charge is 2.15. The largest absolute Gasteiger partial charge is 0.376 e. The lowest BCUT2D eigenvalue weighted by molar-refractivity contribution is 0.120. The van der Waals surface area contributed by atoms with Crippen LogP contribution in [-0.4, -0.2) is 41.5 Å². The van der Waals surface area contributed by atoms with E-state index in [1.165, 1.54) is 0 Å². The minimum atomic E-state index is -0.283. The zero-order valence-corrected chi connectivity index (χ0v) is 11.8. The second-order valence-corrected chi connectivity index (χ2v) is 5.07. The Bertz CT molecular complexity index is 429. The fourth-order valence-electron chi connectivity index (χ4n) is 1.93. The van der Waals surface area contributed by atoms with Crippen molar-refractivity contribution in [2.45, 2.75) is 38.8 Å². The summed E-state index contributed by atoms with van der Waals surface area (Å²) in [5, 5.41) is 16.5. The van der Waals surface area contributed by atoms with Crippen molar-refractivity contribution in [1.29, 1.82) is 0 Å². The summed E-state index contributed by atoms with van der Waals surface area (Å²) in [7, 11) is 0. The van der Waals surface area contributed by atoms with Crippen molar-refractivity contribution in [1.82, 2.24) is 15.5 Å². The van der Waals surface area contributed by atoms with Crippen LogP contribution in [0.2, 0.25) is 0 Å². The second-order valence-electron chi connectivity index (χ2n) is 5.07. The molecule has 1 aliphatic heterocycles. The predicted molar refractivity (Wildman–Crippen MR) is 76.8 cm³/mol. The molecule has 0 aliphatic carbocycles. The average molecular weight is 279 g/mol. The van der Waals surface area contributed by atoms with Gasteiger partial charge in [-0.2, -0.15) is 0 Å². The maximum Gasteiger partial charge on any atom is 0.320 e. The average Bonchev–Trinajstić information content (AvgIpc) is 2.90. The third kappa shape index (κ3) is 4.65. The van der Waals surface area contributed by atoms with Crippen molar-refractivity contribution in [3.05, 3.63) is 12.1 Å². The molecule has 7 heteroatoms. The van der Waals surface area contributed by atoms with Gasteiger partial charge in [0, 0.05) is 19.2 Å². The van der Waals surface area contributed by atoms with Gasteiger partial charge < -0.3 is 15.4 Å². The van der Waals surface area contributed by atoms with Crippen LogP contribution in [0.5, 0.6) is 0 Å². The van der Waals surface area contributed by atoms with Gasteiger partial charge in [-0.1, -0.05) is 0 Å².